The largest absolute Gasteiger partial charge is 0.490 e. The van der Waals surface area contributed by atoms with Crippen LogP contribution in [0.1, 0.15) is 18.1 Å². The Morgan fingerprint density at radius 3 is 2.23 bits per heavy atom. The third-order valence-corrected chi connectivity index (χ3v) is 4.32. The summed E-state index contributed by atoms with van der Waals surface area (Å²) in [6.45, 7) is 2.08. The van der Waals surface area contributed by atoms with E-state index >= 15 is 0 Å². The molecule has 0 unspecified atom stereocenters. The average molecular weight is 517 g/mol. The first-order valence-corrected chi connectivity index (χ1v) is 9.44. The molecule has 12 heteroatoms. The zero-order valence-electron chi connectivity index (χ0n) is 15.8. The van der Waals surface area contributed by atoms with Gasteiger partial charge in [-0.2, -0.15) is 35.8 Å². The lowest BCUT2D eigenvalue weighted by Gasteiger charge is -2.27. The summed E-state index contributed by atoms with van der Waals surface area (Å²) in [6.07, 6.45) is -5.81. The van der Waals surface area contributed by atoms with E-state index in [0.717, 1.165) is 5.56 Å². The topological polar surface area (TPSA) is 42.8 Å². The van der Waals surface area contributed by atoms with E-state index in [1.54, 1.807) is 6.92 Å². The molecule has 0 bridgehead atoms. The first-order chi connectivity index (χ1) is 14.4. The number of alkyl halides is 7. The minimum absolute atomic E-state index is 0.0704. The number of hydrogen-bond donors (Lipinski definition) is 1. The van der Waals surface area contributed by atoms with Gasteiger partial charge in [-0.15, -0.1) is 0 Å². The molecule has 0 aliphatic rings. The maximum atomic E-state index is 13.3. The van der Waals surface area contributed by atoms with E-state index in [9.17, 15) is 30.7 Å². The van der Waals surface area contributed by atoms with Gasteiger partial charge in [-0.25, -0.2) is 5.43 Å². The smallest absolute Gasteiger partial charge is 0.462 e. The lowest BCUT2D eigenvalue weighted by atomic mass is 10.2. The Bertz CT molecular complexity index is 906. The van der Waals surface area contributed by atoms with Crippen LogP contribution in [0.5, 0.6) is 11.5 Å². The van der Waals surface area contributed by atoms with E-state index in [1.165, 1.54) is 12.1 Å². The summed E-state index contributed by atoms with van der Waals surface area (Å²) >= 11 is 3.23. The predicted molar refractivity (Wildman–Crippen MR) is 103 cm³/mol. The van der Waals surface area contributed by atoms with Crippen LogP contribution in [0.2, 0.25) is 0 Å². The van der Waals surface area contributed by atoms with Crippen molar-refractivity contribution in [2.75, 3.05) is 6.61 Å². The van der Waals surface area contributed by atoms with Crippen LogP contribution in [0.4, 0.5) is 30.7 Å². The zero-order valence-corrected chi connectivity index (χ0v) is 17.4. The molecule has 0 aliphatic carbocycles. The summed E-state index contributed by atoms with van der Waals surface area (Å²) in [5.41, 5.74) is 1.50. The number of rotatable bonds is 9. The first kappa shape index (κ1) is 24.8. The molecular weight excluding hydrogens is 501 g/mol. The minimum atomic E-state index is -6.46. The van der Waals surface area contributed by atoms with Gasteiger partial charge in [0.25, 0.3) is 0 Å². The predicted octanol–water partition coefficient (Wildman–Crippen LogP) is 6.14. The van der Waals surface area contributed by atoms with E-state index in [-0.39, 0.29) is 30.3 Å². The molecule has 0 saturated carbocycles. The number of nitrogens with zero attached hydrogens (tertiary/aromatic N) is 1. The lowest BCUT2D eigenvalue weighted by molar-refractivity contribution is -0.361. The molecule has 0 amide bonds. The van der Waals surface area contributed by atoms with Crippen LogP contribution in [0.3, 0.4) is 0 Å². The van der Waals surface area contributed by atoms with Crippen molar-refractivity contribution in [1.29, 1.82) is 0 Å². The van der Waals surface area contributed by atoms with Crippen LogP contribution in [-0.4, -0.2) is 31.0 Å². The Labute approximate surface area is 181 Å². The van der Waals surface area contributed by atoms with E-state index < -0.39 is 18.1 Å². The molecule has 31 heavy (non-hydrogen) atoms. The van der Waals surface area contributed by atoms with Gasteiger partial charge in [-0.3, -0.25) is 0 Å². The van der Waals surface area contributed by atoms with E-state index in [4.69, 9.17) is 9.47 Å². The fraction of sp³-hybridized carbons (Fsp3) is 0.316. The van der Waals surface area contributed by atoms with Crippen LogP contribution in [0, 0.1) is 0 Å². The van der Waals surface area contributed by atoms with Gasteiger partial charge in [0, 0.05) is 0 Å². The van der Waals surface area contributed by atoms with Gasteiger partial charge < -0.3 is 9.47 Å². The molecule has 0 spiro atoms. The second-order valence-corrected chi connectivity index (χ2v) is 6.91. The fourth-order valence-corrected chi connectivity index (χ4v) is 2.81. The van der Waals surface area contributed by atoms with Crippen LogP contribution in [-0.2, 0) is 6.61 Å². The normalized spacial score (nSPS) is 12.8. The Balaban J connectivity index is 2.20. The molecule has 0 radical (unpaired) electrons. The Morgan fingerprint density at radius 2 is 1.65 bits per heavy atom. The van der Waals surface area contributed by atoms with Crippen molar-refractivity contribution in [1.82, 2.24) is 5.43 Å². The second-order valence-electron chi connectivity index (χ2n) is 6.05. The van der Waals surface area contributed by atoms with Gasteiger partial charge in [-0.1, -0.05) is 30.3 Å². The fourth-order valence-electron chi connectivity index (χ4n) is 2.23. The second kappa shape index (κ2) is 9.75. The van der Waals surface area contributed by atoms with Crippen LogP contribution in [0.25, 0.3) is 0 Å². The van der Waals surface area contributed by atoms with Gasteiger partial charge in [-0.05, 0) is 46.1 Å². The molecule has 2 rings (SSSR count). The number of halogens is 8. The van der Waals surface area contributed by atoms with Crippen molar-refractivity contribution in [3.05, 3.63) is 58.1 Å². The molecule has 0 heterocycles. The molecule has 170 valence electrons. The van der Waals surface area contributed by atoms with Gasteiger partial charge in [0.1, 0.15) is 6.61 Å². The van der Waals surface area contributed by atoms with Crippen LogP contribution in [0.15, 0.2) is 52.0 Å². The highest BCUT2D eigenvalue weighted by molar-refractivity contribution is 9.10. The first-order valence-electron chi connectivity index (χ1n) is 8.64. The number of hydrazone groups is 1. The molecule has 0 aromatic heterocycles. The maximum absolute atomic E-state index is 13.3. The average Bonchev–Trinajstić information content (AvgIpc) is 2.67. The van der Waals surface area contributed by atoms with Crippen molar-refractivity contribution in [2.45, 2.75) is 31.7 Å². The third-order valence-electron chi connectivity index (χ3n) is 3.73. The molecule has 0 fully saturated rings. The molecule has 4 nitrogen and oxygen atoms in total. The van der Waals surface area contributed by atoms with Crippen LogP contribution < -0.4 is 14.9 Å². The lowest BCUT2D eigenvalue weighted by Crippen LogP contribution is -2.58. The summed E-state index contributed by atoms with van der Waals surface area (Å²) in [4.78, 5) is 0. The molecular formula is C19H16BrF7N2O2. The summed E-state index contributed by atoms with van der Waals surface area (Å²) in [5.74, 6) is -5.85. The van der Waals surface area contributed by atoms with Crippen molar-refractivity contribution in [3.8, 4) is 11.5 Å². The summed E-state index contributed by atoms with van der Waals surface area (Å²) in [6, 6.07) is 6.13. The highest BCUT2D eigenvalue weighted by Gasteiger charge is 2.73. The summed E-state index contributed by atoms with van der Waals surface area (Å²) in [7, 11) is 0. The molecule has 2 aromatic carbocycles. The minimum Gasteiger partial charge on any atom is -0.490 e. The summed E-state index contributed by atoms with van der Waals surface area (Å²) in [5, 5.41) is 2.84. The molecule has 1 N–H and O–H groups in total. The number of hydrogen-bond acceptors (Lipinski definition) is 4. The van der Waals surface area contributed by atoms with E-state index in [0.29, 0.717) is 16.1 Å². The number of benzene rings is 2. The van der Waals surface area contributed by atoms with Gasteiger partial charge in [0.2, 0.25) is 0 Å². The molecule has 0 saturated heterocycles. The monoisotopic (exact) mass is 516 g/mol. The number of ether oxygens (including phenoxy) is 2. The Kier molecular flexibility index (Phi) is 7.79. The maximum Gasteiger partial charge on any atom is 0.462 e. The Hall–Kier alpha value is -2.50. The molecule has 0 atom stereocenters. The van der Waals surface area contributed by atoms with E-state index in [1.807, 2.05) is 30.3 Å². The Morgan fingerprint density at radius 1 is 1.00 bits per heavy atom. The highest BCUT2D eigenvalue weighted by atomic mass is 79.9. The standard InChI is InChI=1S/C19H16BrF7N2O2/c1-2-30-15-9-13(10-28-29-19(26,27)17(21,22)18(23,24)25)8-14(20)16(15)31-11-12-6-4-3-5-7-12/h3-10,29H,2,11H2,1H3/b28-10+. The van der Waals surface area contributed by atoms with Gasteiger partial charge in [0.15, 0.2) is 11.5 Å². The van der Waals surface area contributed by atoms with Gasteiger partial charge >= 0.3 is 18.1 Å². The number of nitrogens with one attached hydrogen (secondary N) is 1. The van der Waals surface area contributed by atoms with Crippen LogP contribution >= 0.6 is 15.9 Å². The summed E-state index contributed by atoms with van der Waals surface area (Å²) < 4.78 is 100. The van der Waals surface area contributed by atoms with Crippen molar-refractivity contribution in [3.63, 3.8) is 0 Å². The quantitative estimate of drug-likeness (QED) is 0.188. The zero-order chi connectivity index (χ0) is 23.3. The van der Waals surface area contributed by atoms with Crippen molar-refractivity contribution < 1.29 is 40.2 Å². The third kappa shape index (κ3) is 6.02. The molecule has 2 aromatic rings. The molecule has 0 aliphatic heterocycles. The van der Waals surface area contributed by atoms with E-state index in [2.05, 4.69) is 21.0 Å². The van der Waals surface area contributed by atoms with Crippen molar-refractivity contribution in [2.24, 2.45) is 5.10 Å². The van der Waals surface area contributed by atoms with Crippen molar-refractivity contribution >= 4 is 22.1 Å². The highest BCUT2D eigenvalue weighted by Crippen LogP contribution is 2.45. The van der Waals surface area contributed by atoms with Gasteiger partial charge in [0.05, 0.1) is 17.3 Å². The SMILES string of the molecule is CCOc1cc(/C=N/NC(F)(F)C(F)(F)C(F)(F)F)cc(Br)c1OCc1ccccc1.